The van der Waals surface area contributed by atoms with Gasteiger partial charge >= 0.3 is 0 Å². The molecule has 1 aliphatic rings. The highest BCUT2D eigenvalue weighted by atomic mass is 32.2. The van der Waals surface area contributed by atoms with E-state index < -0.39 is 27.2 Å². The van der Waals surface area contributed by atoms with Gasteiger partial charge in [-0.05, 0) is 17.7 Å². The van der Waals surface area contributed by atoms with Crippen molar-refractivity contribution < 1.29 is 32.2 Å². The molecule has 144 valence electrons. The molecule has 0 aromatic heterocycles. The molecule has 0 saturated heterocycles. The molecule has 9 heteroatoms. The Morgan fingerprint density at radius 1 is 0.963 bits per heavy atom. The zero-order valence-corrected chi connectivity index (χ0v) is 15.8. The third-order valence-corrected chi connectivity index (χ3v) is 5.50. The summed E-state index contributed by atoms with van der Waals surface area (Å²) in [6, 6.07) is 9.52. The van der Waals surface area contributed by atoms with Gasteiger partial charge in [0, 0.05) is 12.1 Å². The molecule has 2 aromatic rings. The number of carbonyl (C=O) groups is 1. The van der Waals surface area contributed by atoms with Gasteiger partial charge in [-0.15, -0.1) is 0 Å². The molecule has 0 bridgehead atoms. The lowest BCUT2D eigenvalue weighted by Crippen LogP contribution is -2.45. The molecule has 2 atom stereocenters. The average Bonchev–Trinajstić information content (AvgIpc) is 2.65. The molecule has 27 heavy (non-hydrogen) atoms. The van der Waals surface area contributed by atoms with Crippen LogP contribution in [0.25, 0.3) is 0 Å². The maximum absolute atomic E-state index is 13.1. The summed E-state index contributed by atoms with van der Waals surface area (Å²) >= 11 is 0. The second-order valence-electron chi connectivity index (χ2n) is 5.89. The number of ether oxygens (including phenoxy) is 4. The Labute approximate surface area is 156 Å². The third-order valence-electron chi connectivity index (χ3n) is 4.33. The molecule has 8 nitrogen and oxygen atoms in total. The lowest BCUT2D eigenvalue weighted by Gasteiger charge is -2.32. The standard InChI is InChI=1S/C18H19NO7S/c1-23-11-6-4-10(5-7-11)17-18(27(19,21)22)16(20)15-13(25-3)8-12(24-2)9-14(15)26-17/h4-9,17-18H,1-3H3,(H2,19,21,22). The fraction of sp³-hybridized carbons (Fsp3) is 0.278. The Bertz CT molecular complexity index is 970. The van der Waals surface area contributed by atoms with E-state index >= 15 is 0 Å². The monoisotopic (exact) mass is 393 g/mol. The first kappa shape index (κ1) is 19.0. The average molecular weight is 393 g/mol. The second kappa shape index (κ2) is 7.09. The van der Waals surface area contributed by atoms with Gasteiger partial charge in [-0.2, -0.15) is 0 Å². The van der Waals surface area contributed by atoms with E-state index in [1.54, 1.807) is 24.3 Å². The van der Waals surface area contributed by atoms with Gasteiger partial charge in [0.1, 0.15) is 34.7 Å². The van der Waals surface area contributed by atoms with Gasteiger partial charge in [0.05, 0.1) is 21.3 Å². The zero-order chi connectivity index (χ0) is 19.8. The number of sulfonamides is 1. The Balaban J connectivity index is 2.18. The highest BCUT2D eigenvalue weighted by Crippen LogP contribution is 2.44. The first-order valence-electron chi connectivity index (χ1n) is 7.92. The molecule has 0 fully saturated rings. The van der Waals surface area contributed by atoms with Gasteiger partial charge in [0.25, 0.3) is 0 Å². The molecule has 1 aliphatic heterocycles. The summed E-state index contributed by atoms with van der Waals surface area (Å²) < 4.78 is 45.9. The molecule has 2 N–H and O–H groups in total. The van der Waals surface area contributed by atoms with Crippen molar-refractivity contribution >= 4 is 15.8 Å². The van der Waals surface area contributed by atoms with E-state index in [0.717, 1.165) is 0 Å². The lowest BCUT2D eigenvalue weighted by molar-refractivity contribution is 0.0854. The van der Waals surface area contributed by atoms with Gasteiger partial charge in [0.15, 0.2) is 11.0 Å². The molecule has 0 radical (unpaired) electrons. The Hall–Kier alpha value is -2.78. The number of rotatable bonds is 5. The minimum atomic E-state index is -4.26. The number of hydrogen-bond acceptors (Lipinski definition) is 7. The molecule has 0 spiro atoms. The van der Waals surface area contributed by atoms with Crippen molar-refractivity contribution in [2.45, 2.75) is 11.4 Å². The van der Waals surface area contributed by atoms with Crippen LogP contribution >= 0.6 is 0 Å². The highest BCUT2D eigenvalue weighted by Gasteiger charge is 2.46. The minimum Gasteiger partial charge on any atom is -0.497 e. The van der Waals surface area contributed by atoms with E-state index in [9.17, 15) is 13.2 Å². The maximum Gasteiger partial charge on any atom is 0.223 e. The van der Waals surface area contributed by atoms with Crippen LogP contribution in [-0.4, -0.2) is 40.8 Å². The van der Waals surface area contributed by atoms with Gasteiger partial charge in [-0.1, -0.05) is 12.1 Å². The van der Waals surface area contributed by atoms with Gasteiger partial charge in [-0.25, -0.2) is 13.6 Å². The topological polar surface area (TPSA) is 114 Å². The largest absolute Gasteiger partial charge is 0.497 e. The summed E-state index contributed by atoms with van der Waals surface area (Å²) in [5.41, 5.74) is 0.484. The fourth-order valence-corrected chi connectivity index (χ4v) is 3.99. The maximum atomic E-state index is 13.1. The molecule has 2 aromatic carbocycles. The predicted octanol–water partition coefficient (Wildman–Crippen LogP) is 1.69. The number of Topliss-reactive ketones (excluding diaryl/α,β-unsaturated/α-hetero) is 1. The summed E-state index contributed by atoms with van der Waals surface area (Å²) in [4.78, 5) is 13.1. The van der Waals surface area contributed by atoms with Gasteiger partial charge in [-0.3, -0.25) is 4.79 Å². The summed E-state index contributed by atoms with van der Waals surface area (Å²) in [6.45, 7) is 0. The summed E-state index contributed by atoms with van der Waals surface area (Å²) in [7, 11) is 0.0706. The van der Waals surface area contributed by atoms with Gasteiger partial charge < -0.3 is 18.9 Å². The van der Waals surface area contributed by atoms with Crippen LogP contribution in [0.3, 0.4) is 0 Å². The molecular formula is C18H19NO7S. The zero-order valence-electron chi connectivity index (χ0n) is 15.0. The number of ketones is 1. The van der Waals surface area contributed by atoms with Crippen LogP contribution in [0, 0.1) is 0 Å². The molecule has 0 amide bonds. The quantitative estimate of drug-likeness (QED) is 0.822. The molecule has 3 rings (SSSR count). The van der Waals surface area contributed by atoms with E-state index in [1.165, 1.54) is 33.5 Å². The number of fused-ring (bicyclic) bond motifs is 1. The number of nitrogens with two attached hydrogens (primary N) is 1. The third kappa shape index (κ3) is 3.43. The summed E-state index contributed by atoms with van der Waals surface area (Å²) in [5.74, 6) is 0.602. The predicted molar refractivity (Wildman–Crippen MR) is 97.1 cm³/mol. The van der Waals surface area contributed by atoms with Crippen LogP contribution in [-0.2, 0) is 10.0 Å². The van der Waals surface area contributed by atoms with Crippen molar-refractivity contribution in [3.63, 3.8) is 0 Å². The van der Waals surface area contributed by atoms with Crippen molar-refractivity contribution in [3.05, 3.63) is 47.5 Å². The van der Waals surface area contributed by atoms with Crippen LogP contribution in [0.5, 0.6) is 23.0 Å². The smallest absolute Gasteiger partial charge is 0.223 e. The SMILES string of the molecule is COc1ccc(C2Oc3cc(OC)cc(OC)c3C(=O)C2S(N)(=O)=O)cc1. The van der Waals surface area contributed by atoms with E-state index in [4.69, 9.17) is 24.1 Å². The Morgan fingerprint density at radius 3 is 2.11 bits per heavy atom. The van der Waals surface area contributed by atoms with Gasteiger partial charge in [0.2, 0.25) is 10.0 Å². The lowest BCUT2D eigenvalue weighted by atomic mass is 9.94. The molecule has 2 unspecified atom stereocenters. The number of carbonyl (C=O) groups excluding carboxylic acids is 1. The van der Waals surface area contributed by atoms with Crippen LogP contribution in [0.2, 0.25) is 0 Å². The van der Waals surface area contributed by atoms with Crippen molar-refractivity contribution in [2.75, 3.05) is 21.3 Å². The first-order valence-corrected chi connectivity index (χ1v) is 9.53. The van der Waals surface area contributed by atoms with Crippen molar-refractivity contribution in [1.29, 1.82) is 0 Å². The summed E-state index contributed by atoms with van der Waals surface area (Å²) in [6.07, 6.45) is -1.12. The number of primary sulfonamides is 1. The molecule has 0 saturated carbocycles. The van der Waals surface area contributed by atoms with Crippen LogP contribution in [0.4, 0.5) is 0 Å². The number of methoxy groups -OCH3 is 3. The van der Waals surface area contributed by atoms with E-state index in [0.29, 0.717) is 17.1 Å². The highest BCUT2D eigenvalue weighted by molar-refractivity contribution is 7.90. The first-order chi connectivity index (χ1) is 12.8. The minimum absolute atomic E-state index is 0.0158. The van der Waals surface area contributed by atoms with Crippen molar-refractivity contribution in [1.82, 2.24) is 0 Å². The second-order valence-corrected chi connectivity index (χ2v) is 7.57. The molecule has 1 heterocycles. The normalized spacial score (nSPS) is 19.0. The number of hydrogen-bond donors (Lipinski definition) is 1. The Morgan fingerprint density at radius 2 is 1.59 bits per heavy atom. The fourth-order valence-electron chi connectivity index (χ4n) is 3.02. The van der Waals surface area contributed by atoms with Crippen LogP contribution < -0.4 is 24.1 Å². The molecule has 0 aliphatic carbocycles. The molecular weight excluding hydrogens is 374 g/mol. The Kier molecular flexibility index (Phi) is 4.99. The van der Waals surface area contributed by atoms with E-state index in [2.05, 4.69) is 0 Å². The van der Waals surface area contributed by atoms with Crippen LogP contribution in [0.1, 0.15) is 22.0 Å². The van der Waals surface area contributed by atoms with E-state index in [-0.39, 0.29) is 17.1 Å². The van der Waals surface area contributed by atoms with Crippen LogP contribution in [0.15, 0.2) is 36.4 Å². The van der Waals surface area contributed by atoms with Crippen molar-refractivity contribution in [3.8, 4) is 23.0 Å². The summed E-state index contributed by atoms with van der Waals surface area (Å²) in [5, 5.41) is 3.76. The number of benzene rings is 2. The van der Waals surface area contributed by atoms with E-state index in [1.807, 2.05) is 0 Å². The van der Waals surface area contributed by atoms with Crippen molar-refractivity contribution in [2.24, 2.45) is 5.14 Å².